The van der Waals surface area contributed by atoms with Crippen molar-refractivity contribution < 1.29 is 27.6 Å². The highest BCUT2D eigenvalue weighted by Crippen LogP contribution is 2.37. The average molecular weight is 468 g/mol. The van der Waals surface area contributed by atoms with Gasteiger partial charge in [-0.05, 0) is 49.6 Å². The predicted molar refractivity (Wildman–Crippen MR) is 113 cm³/mol. The molecule has 1 fully saturated rings. The summed E-state index contributed by atoms with van der Waals surface area (Å²) in [6.07, 6.45) is -2.32. The molecule has 2 aromatic rings. The molecule has 2 aliphatic heterocycles. The third-order valence-corrected chi connectivity index (χ3v) is 5.76. The first kappa shape index (κ1) is 22.4. The van der Waals surface area contributed by atoms with E-state index in [2.05, 4.69) is 10.8 Å². The van der Waals surface area contributed by atoms with E-state index >= 15 is 0 Å². The Morgan fingerprint density at radius 2 is 1.88 bits per heavy atom. The number of halogens is 4. The first-order chi connectivity index (χ1) is 15.1. The van der Waals surface area contributed by atoms with Gasteiger partial charge in [-0.3, -0.25) is 15.6 Å². The number of nitrogens with one attached hydrogen (secondary N) is 2. The van der Waals surface area contributed by atoms with Crippen LogP contribution in [0.4, 0.5) is 23.7 Å². The highest BCUT2D eigenvalue weighted by atomic mass is 35.5. The number of rotatable bonds is 3. The Kier molecular flexibility index (Phi) is 6.07. The smallest absolute Gasteiger partial charge is 0.351 e. The largest absolute Gasteiger partial charge is 0.430 e. The van der Waals surface area contributed by atoms with Crippen molar-refractivity contribution in [3.8, 4) is 0 Å². The second kappa shape index (κ2) is 8.65. The molecule has 0 radical (unpaired) electrons. The summed E-state index contributed by atoms with van der Waals surface area (Å²) in [4.78, 5) is 23.2. The van der Waals surface area contributed by atoms with Crippen LogP contribution in [0.2, 0.25) is 5.02 Å². The summed E-state index contributed by atoms with van der Waals surface area (Å²) in [6.45, 7) is 2.83. The molecule has 0 bridgehead atoms. The normalized spacial score (nSPS) is 18.2. The molecule has 0 aromatic heterocycles. The number of alkyl halides is 3. The number of carbonyl (C=O) groups is 1. The summed E-state index contributed by atoms with van der Waals surface area (Å²) in [5.74, 6) is 0. The zero-order valence-electron chi connectivity index (χ0n) is 17.1. The van der Waals surface area contributed by atoms with E-state index < -0.39 is 28.5 Å². The number of aryl methyl sites for hydroxylation is 1. The van der Waals surface area contributed by atoms with Gasteiger partial charge in [0.25, 0.3) is 0 Å². The van der Waals surface area contributed by atoms with E-state index in [4.69, 9.17) is 21.3 Å². The van der Waals surface area contributed by atoms with Crippen LogP contribution in [0.5, 0.6) is 0 Å². The van der Waals surface area contributed by atoms with E-state index in [1.165, 1.54) is 16.7 Å². The summed E-state index contributed by atoms with van der Waals surface area (Å²) < 4.78 is 38.9. The molecule has 0 aliphatic carbocycles. The van der Waals surface area contributed by atoms with E-state index in [9.17, 15) is 18.0 Å². The number of hydrogen-bond acceptors (Lipinski definition) is 5. The van der Waals surface area contributed by atoms with Gasteiger partial charge < -0.3 is 4.84 Å². The minimum Gasteiger partial charge on any atom is -0.351 e. The number of anilines is 1. The van der Waals surface area contributed by atoms with Crippen LogP contribution in [0, 0.1) is 6.92 Å². The van der Waals surface area contributed by atoms with E-state index in [-0.39, 0.29) is 5.69 Å². The fourth-order valence-electron chi connectivity index (χ4n) is 3.63. The molecule has 10 heteroatoms. The van der Waals surface area contributed by atoms with Crippen molar-refractivity contribution in [2.45, 2.75) is 31.5 Å². The lowest BCUT2D eigenvalue weighted by molar-refractivity contribution is -0.153. The quantitative estimate of drug-likeness (QED) is 0.620. The van der Waals surface area contributed by atoms with Gasteiger partial charge in [-0.25, -0.2) is 4.79 Å². The van der Waals surface area contributed by atoms with Crippen molar-refractivity contribution in [2.24, 2.45) is 0 Å². The van der Waals surface area contributed by atoms with E-state index in [0.717, 1.165) is 23.4 Å². The summed E-state index contributed by atoms with van der Waals surface area (Å²) in [5.41, 5.74) is 4.46. The standard InChI is InChI=1S/C22H21ClF3N3O3/c1-14-2-4-15(5-3-14)19-13-21(32-28-19)8-10-29(11-9-21)31-20(30)27-16-6-7-18(23)17(12-16)22(24,25)26/h2-7,12-13,28H,8-11H2,1H3,(H,27,30). The van der Waals surface area contributed by atoms with Gasteiger partial charge in [0.05, 0.1) is 16.3 Å². The van der Waals surface area contributed by atoms with Crippen molar-refractivity contribution in [1.29, 1.82) is 0 Å². The van der Waals surface area contributed by atoms with Crippen molar-refractivity contribution in [1.82, 2.24) is 10.5 Å². The maximum absolute atomic E-state index is 13.0. The van der Waals surface area contributed by atoms with E-state index in [1.54, 1.807) is 0 Å². The Bertz CT molecular complexity index is 1030. The molecule has 32 heavy (non-hydrogen) atoms. The third kappa shape index (κ3) is 5.01. The highest BCUT2D eigenvalue weighted by Gasteiger charge is 2.40. The SMILES string of the molecule is Cc1ccc(C2=CC3(CCN(OC(=O)Nc4ccc(Cl)c(C(F)(F)F)c4)CC3)ON2)cc1. The third-order valence-electron chi connectivity index (χ3n) is 5.43. The topological polar surface area (TPSA) is 62.8 Å². The van der Waals surface area contributed by atoms with E-state index in [0.29, 0.717) is 25.9 Å². The minimum atomic E-state index is -4.62. The van der Waals surface area contributed by atoms with Gasteiger partial charge in [-0.2, -0.15) is 13.2 Å². The van der Waals surface area contributed by atoms with Crippen LogP contribution in [-0.2, 0) is 15.9 Å². The molecule has 2 heterocycles. The number of piperidine rings is 1. The molecular weight excluding hydrogens is 447 g/mol. The fourth-order valence-corrected chi connectivity index (χ4v) is 3.86. The van der Waals surface area contributed by atoms with Gasteiger partial charge in [-0.15, -0.1) is 5.06 Å². The second-order valence-corrected chi connectivity index (χ2v) is 8.23. The molecule has 1 saturated heterocycles. The van der Waals surface area contributed by atoms with Crippen LogP contribution in [0.1, 0.15) is 29.5 Å². The Balaban J connectivity index is 1.33. The minimum absolute atomic E-state index is 0.0609. The van der Waals surface area contributed by atoms with E-state index in [1.807, 2.05) is 37.3 Å². The molecule has 4 rings (SSSR count). The van der Waals surface area contributed by atoms with Crippen molar-refractivity contribution in [3.63, 3.8) is 0 Å². The molecule has 6 nitrogen and oxygen atoms in total. The van der Waals surface area contributed by atoms with Crippen molar-refractivity contribution in [2.75, 3.05) is 18.4 Å². The summed E-state index contributed by atoms with van der Waals surface area (Å²) >= 11 is 5.59. The molecule has 0 atom stereocenters. The second-order valence-electron chi connectivity index (χ2n) is 7.82. The molecular formula is C22H21ClF3N3O3. The maximum atomic E-state index is 13.0. The predicted octanol–water partition coefficient (Wildman–Crippen LogP) is 5.54. The zero-order chi connectivity index (χ0) is 22.9. The van der Waals surface area contributed by atoms with Gasteiger partial charge in [0.1, 0.15) is 5.60 Å². The van der Waals surface area contributed by atoms with Gasteiger partial charge in [0.2, 0.25) is 0 Å². The lowest BCUT2D eigenvalue weighted by Crippen LogP contribution is -2.45. The number of hydroxylamine groups is 3. The number of carbonyl (C=O) groups excluding carboxylic acids is 1. The van der Waals surface area contributed by atoms with Crippen LogP contribution < -0.4 is 10.8 Å². The number of benzene rings is 2. The number of nitrogens with zero attached hydrogens (tertiary/aromatic N) is 1. The van der Waals surface area contributed by atoms with Crippen LogP contribution >= 0.6 is 11.6 Å². The van der Waals surface area contributed by atoms with Gasteiger partial charge in [-0.1, -0.05) is 41.4 Å². The molecule has 2 aliphatic rings. The Labute approximate surface area is 187 Å². The number of amides is 1. The molecule has 1 amide bonds. The fraction of sp³-hybridized carbons (Fsp3) is 0.318. The molecule has 170 valence electrons. The summed E-state index contributed by atoms with van der Waals surface area (Å²) in [7, 11) is 0. The van der Waals surface area contributed by atoms with Crippen LogP contribution in [-0.4, -0.2) is 29.8 Å². The first-order valence-corrected chi connectivity index (χ1v) is 10.4. The van der Waals surface area contributed by atoms with Gasteiger partial charge in [0.15, 0.2) is 0 Å². The molecule has 0 saturated carbocycles. The molecule has 1 spiro atoms. The Morgan fingerprint density at radius 3 is 2.53 bits per heavy atom. The maximum Gasteiger partial charge on any atom is 0.430 e. The highest BCUT2D eigenvalue weighted by molar-refractivity contribution is 6.31. The Hall–Kier alpha value is -2.75. The first-order valence-electron chi connectivity index (χ1n) is 9.98. The lowest BCUT2D eigenvalue weighted by atomic mass is 9.91. The number of hydrogen-bond donors (Lipinski definition) is 2. The molecule has 2 N–H and O–H groups in total. The van der Waals surface area contributed by atoms with Gasteiger partial charge in [0, 0.05) is 18.8 Å². The summed E-state index contributed by atoms with van der Waals surface area (Å²) in [5, 5.41) is 3.32. The Morgan fingerprint density at radius 1 is 1.19 bits per heavy atom. The van der Waals surface area contributed by atoms with Crippen LogP contribution in [0.25, 0.3) is 5.70 Å². The van der Waals surface area contributed by atoms with Crippen molar-refractivity contribution >= 4 is 29.1 Å². The van der Waals surface area contributed by atoms with Crippen LogP contribution in [0.3, 0.4) is 0 Å². The zero-order valence-corrected chi connectivity index (χ0v) is 17.9. The van der Waals surface area contributed by atoms with Gasteiger partial charge >= 0.3 is 12.3 Å². The monoisotopic (exact) mass is 467 g/mol. The molecule has 2 aromatic carbocycles. The average Bonchev–Trinajstić information content (AvgIpc) is 3.15. The lowest BCUT2D eigenvalue weighted by Gasteiger charge is -2.35. The van der Waals surface area contributed by atoms with Crippen molar-refractivity contribution in [3.05, 3.63) is 70.3 Å². The van der Waals surface area contributed by atoms with Crippen LogP contribution in [0.15, 0.2) is 48.5 Å². The molecule has 0 unspecified atom stereocenters. The summed E-state index contributed by atoms with van der Waals surface area (Å²) in [6, 6.07) is 11.2.